The van der Waals surface area contributed by atoms with E-state index in [0.29, 0.717) is 0 Å². The average Bonchev–Trinajstić information content (AvgIpc) is 0. The second kappa shape index (κ2) is 16.4. The maximum absolute atomic E-state index is 0. The van der Waals surface area contributed by atoms with Crippen LogP contribution in [0.15, 0.2) is 0 Å². The first-order chi connectivity index (χ1) is 0. The SMILES string of the molecule is [Ba+2].[Cr].[Cu].[H-].[H-].[Mn]. The fourth-order valence-corrected chi connectivity index (χ4v) is 0. The Morgan fingerprint density at radius 1 is 1.25 bits per heavy atom. The van der Waals surface area contributed by atoms with Crippen molar-refractivity contribution in [2.45, 2.75) is 0 Å². The first-order valence-corrected chi connectivity index (χ1v) is 0. The van der Waals surface area contributed by atoms with Crippen LogP contribution in [0.1, 0.15) is 2.85 Å². The molecule has 0 aromatic heterocycles. The van der Waals surface area contributed by atoms with Crippen molar-refractivity contribution in [2.24, 2.45) is 0 Å². The van der Waals surface area contributed by atoms with Crippen LogP contribution in [0.5, 0.6) is 0 Å². The molecule has 0 rings (SSSR count). The summed E-state index contributed by atoms with van der Waals surface area (Å²) < 4.78 is 0. The Balaban J connectivity index is 0. The third-order valence-corrected chi connectivity index (χ3v) is 0. The summed E-state index contributed by atoms with van der Waals surface area (Å²) in [6.07, 6.45) is 0. The molecule has 4 heavy (non-hydrogen) atoms. The molecule has 0 aliphatic heterocycles. The molecule has 28 valence electrons. The zero-order valence-corrected chi connectivity index (χ0v) is 9.63. The van der Waals surface area contributed by atoms with Crippen LogP contribution in [0.4, 0.5) is 0 Å². The summed E-state index contributed by atoms with van der Waals surface area (Å²) in [7, 11) is 0. The summed E-state index contributed by atoms with van der Waals surface area (Å²) in [5, 5.41) is 0. The van der Waals surface area contributed by atoms with Crippen LogP contribution in [-0.4, -0.2) is 48.9 Å². The van der Waals surface area contributed by atoms with Gasteiger partial charge >= 0.3 is 48.9 Å². The van der Waals surface area contributed by atoms with Crippen LogP contribution in [0, 0.1) is 0 Å². The molecule has 0 spiro atoms. The summed E-state index contributed by atoms with van der Waals surface area (Å²) in [6, 6.07) is 0. The van der Waals surface area contributed by atoms with Gasteiger partial charge in [-0.05, 0) is 0 Å². The van der Waals surface area contributed by atoms with Gasteiger partial charge in [0.15, 0.2) is 0 Å². The van der Waals surface area contributed by atoms with Crippen LogP contribution in [0.3, 0.4) is 0 Å². The minimum atomic E-state index is 0. The quantitative estimate of drug-likeness (QED) is 0.546. The van der Waals surface area contributed by atoms with E-state index < -0.39 is 0 Å². The minimum absolute atomic E-state index is 0. The molecule has 0 aromatic carbocycles. The van der Waals surface area contributed by atoms with Gasteiger partial charge in [-0.3, -0.25) is 0 Å². The Labute approximate surface area is 101 Å². The maximum atomic E-state index is 0. The van der Waals surface area contributed by atoms with Crippen LogP contribution >= 0.6 is 0 Å². The molecule has 0 unspecified atom stereocenters. The summed E-state index contributed by atoms with van der Waals surface area (Å²) in [4.78, 5) is 0. The Morgan fingerprint density at radius 2 is 1.25 bits per heavy atom. The summed E-state index contributed by atoms with van der Waals surface area (Å²) in [5.74, 6) is 0. The zero-order chi connectivity index (χ0) is 0. The van der Waals surface area contributed by atoms with E-state index in [-0.39, 0.29) is 103 Å². The molecule has 2 radical (unpaired) electrons. The van der Waals surface area contributed by atoms with E-state index in [0.717, 1.165) is 0 Å². The molecule has 0 saturated carbocycles. The van der Waals surface area contributed by atoms with Crippen molar-refractivity contribution >= 4 is 48.9 Å². The van der Waals surface area contributed by atoms with E-state index in [1.54, 1.807) is 0 Å². The van der Waals surface area contributed by atoms with Crippen molar-refractivity contribution in [3.8, 4) is 0 Å². The van der Waals surface area contributed by atoms with E-state index in [1.807, 2.05) is 0 Å². The van der Waals surface area contributed by atoms with Gasteiger partial charge in [0, 0.05) is 51.5 Å². The summed E-state index contributed by atoms with van der Waals surface area (Å²) >= 11 is 0. The van der Waals surface area contributed by atoms with Gasteiger partial charge in [-0.25, -0.2) is 0 Å². The molecule has 0 aliphatic carbocycles. The molecule has 0 amide bonds. The fourth-order valence-electron chi connectivity index (χ4n) is 0. The monoisotopic (exact) mass is 310 g/mol. The van der Waals surface area contributed by atoms with E-state index in [1.165, 1.54) is 0 Å². The van der Waals surface area contributed by atoms with Crippen molar-refractivity contribution in [1.82, 2.24) is 0 Å². The summed E-state index contributed by atoms with van der Waals surface area (Å²) in [6.45, 7) is 0. The molecule has 0 fully saturated rings. The molecule has 0 aliphatic rings. The van der Waals surface area contributed by atoms with Crippen molar-refractivity contribution in [3.63, 3.8) is 0 Å². The molecule has 0 atom stereocenters. The number of rotatable bonds is 0. The van der Waals surface area contributed by atoms with Gasteiger partial charge in [0.2, 0.25) is 0 Å². The smallest absolute Gasteiger partial charge is 1.00 e. The topological polar surface area (TPSA) is 0 Å². The van der Waals surface area contributed by atoms with E-state index in [2.05, 4.69) is 0 Å². The first kappa shape index (κ1) is 27.3. The normalized spacial score (nSPS) is 0. The zero-order valence-electron chi connectivity index (χ0n) is 3.79. The first-order valence-electron chi connectivity index (χ1n) is 0. The van der Waals surface area contributed by atoms with Crippen LogP contribution in [-0.2, 0) is 51.5 Å². The fraction of sp³-hybridized carbons (Fsp3) is 0. The van der Waals surface area contributed by atoms with E-state index >= 15 is 0 Å². The van der Waals surface area contributed by atoms with Gasteiger partial charge in [0.1, 0.15) is 0 Å². The van der Waals surface area contributed by atoms with Crippen molar-refractivity contribution in [1.29, 1.82) is 0 Å². The van der Waals surface area contributed by atoms with E-state index in [4.69, 9.17) is 0 Å². The van der Waals surface area contributed by atoms with E-state index in [9.17, 15) is 0 Å². The minimum Gasteiger partial charge on any atom is -1.00 e. The Morgan fingerprint density at radius 3 is 1.25 bits per heavy atom. The van der Waals surface area contributed by atoms with Gasteiger partial charge < -0.3 is 2.85 Å². The van der Waals surface area contributed by atoms with Gasteiger partial charge in [0.05, 0.1) is 0 Å². The molecule has 0 heterocycles. The van der Waals surface area contributed by atoms with Crippen molar-refractivity contribution < 1.29 is 54.4 Å². The van der Waals surface area contributed by atoms with Crippen LogP contribution < -0.4 is 0 Å². The van der Waals surface area contributed by atoms with Gasteiger partial charge in [-0.2, -0.15) is 0 Å². The molecular formula is H2BaCrCuMn. The molecular weight excluding hydrogens is 308 g/mol. The molecule has 0 nitrogen and oxygen atoms in total. The van der Waals surface area contributed by atoms with Gasteiger partial charge in [-0.15, -0.1) is 0 Å². The van der Waals surface area contributed by atoms with Crippen molar-refractivity contribution in [3.05, 3.63) is 0 Å². The largest absolute Gasteiger partial charge is 2.00 e. The number of hydrogen-bond acceptors (Lipinski definition) is 0. The third kappa shape index (κ3) is 8.94. The molecule has 4 heteroatoms. The Hall–Kier alpha value is 3.14. The standard InChI is InChI=1S/Ba.Cr.Cu.Mn.2H/q+2;;;;2*-1. The molecule has 0 N–H and O–H groups in total. The summed E-state index contributed by atoms with van der Waals surface area (Å²) in [5.41, 5.74) is 0. The average molecular weight is 310 g/mol. The second-order valence-corrected chi connectivity index (χ2v) is 0. The van der Waals surface area contributed by atoms with Crippen LogP contribution in [0.25, 0.3) is 0 Å². The molecule has 0 saturated heterocycles. The maximum Gasteiger partial charge on any atom is 2.00 e. The predicted octanol–water partition coefficient (Wildman–Crippen LogP) is -0.163. The van der Waals surface area contributed by atoms with Gasteiger partial charge in [0.25, 0.3) is 0 Å². The second-order valence-electron chi connectivity index (χ2n) is 0. The number of hydrogen-bond donors (Lipinski definition) is 0. The molecule has 0 aromatic rings. The van der Waals surface area contributed by atoms with Crippen molar-refractivity contribution in [2.75, 3.05) is 0 Å². The predicted molar refractivity (Wildman–Crippen MR) is 7.98 cm³/mol. The van der Waals surface area contributed by atoms with Gasteiger partial charge in [-0.1, -0.05) is 0 Å². The van der Waals surface area contributed by atoms with Crippen LogP contribution in [0.2, 0.25) is 0 Å². The molecule has 0 bridgehead atoms. The third-order valence-electron chi connectivity index (χ3n) is 0. The Kier molecular flexibility index (Phi) is 112. The Bertz CT molecular complexity index is 13.5.